The Morgan fingerprint density at radius 3 is 2.63 bits per heavy atom. The molecule has 0 spiro atoms. The summed E-state index contributed by atoms with van der Waals surface area (Å²) in [7, 11) is -3.61. The fourth-order valence-corrected chi connectivity index (χ4v) is 6.03. The van der Waals surface area contributed by atoms with Crippen LogP contribution in [0.2, 0.25) is 5.02 Å². The number of likely N-dealkylation sites (tertiary alicyclic amines) is 1. The molecule has 1 aliphatic carbocycles. The third kappa shape index (κ3) is 4.61. The Balaban J connectivity index is 1.41. The van der Waals surface area contributed by atoms with Crippen molar-refractivity contribution in [2.75, 3.05) is 19.6 Å². The second-order valence-electron chi connectivity index (χ2n) is 8.15. The topological polar surface area (TPSA) is 65.2 Å². The molecular weight excluding hydrogens is 418 g/mol. The summed E-state index contributed by atoms with van der Waals surface area (Å²) in [5, 5.41) is 1.73. The van der Waals surface area contributed by atoms with E-state index >= 15 is 0 Å². The number of nitrogens with zero attached hydrogens (tertiary/aromatic N) is 1. The minimum Gasteiger partial charge on any atom is -0.375 e. The van der Waals surface area contributed by atoms with Crippen molar-refractivity contribution in [2.45, 2.75) is 56.9 Å². The zero-order valence-corrected chi connectivity index (χ0v) is 19.1. The largest absolute Gasteiger partial charge is 0.375 e. The van der Waals surface area contributed by atoms with Gasteiger partial charge >= 0.3 is 0 Å². The second kappa shape index (κ2) is 9.16. The predicted molar refractivity (Wildman–Crippen MR) is 123 cm³/mol. The van der Waals surface area contributed by atoms with E-state index in [1.165, 1.54) is 43.6 Å². The summed E-state index contributed by atoms with van der Waals surface area (Å²) in [5.74, 6) is 0. The highest BCUT2D eigenvalue weighted by atomic mass is 35.5. The lowest BCUT2D eigenvalue weighted by Crippen LogP contribution is -2.30. The fraction of sp³-hybridized carbons (Fsp3) is 0.478. The number of nitrogens with one attached hydrogen (secondary N) is 2. The zero-order chi connectivity index (χ0) is 21.1. The number of aromatic amines is 1. The molecule has 0 atom stereocenters. The molecule has 2 aromatic rings. The second-order valence-corrected chi connectivity index (χ2v) is 10.3. The van der Waals surface area contributed by atoms with Crippen molar-refractivity contribution in [3.05, 3.63) is 52.2 Å². The van der Waals surface area contributed by atoms with Gasteiger partial charge in [0.15, 0.2) is 5.03 Å². The van der Waals surface area contributed by atoms with Gasteiger partial charge in [0.05, 0.1) is 0 Å². The zero-order valence-electron chi connectivity index (χ0n) is 17.5. The van der Waals surface area contributed by atoms with E-state index in [0.29, 0.717) is 18.0 Å². The first kappa shape index (κ1) is 21.5. The van der Waals surface area contributed by atoms with E-state index in [2.05, 4.69) is 26.8 Å². The van der Waals surface area contributed by atoms with Crippen LogP contribution in [0.15, 0.2) is 46.6 Å². The van der Waals surface area contributed by atoms with Crippen molar-refractivity contribution >= 4 is 32.5 Å². The molecule has 5 nitrogen and oxygen atoms in total. The van der Waals surface area contributed by atoms with Crippen LogP contribution in [-0.4, -0.2) is 37.9 Å². The van der Waals surface area contributed by atoms with E-state index in [-0.39, 0.29) is 5.03 Å². The van der Waals surface area contributed by atoms with Crippen molar-refractivity contribution in [1.82, 2.24) is 14.6 Å². The number of hydrogen-bond acceptors (Lipinski definition) is 3. The highest BCUT2D eigenvalue weighted by Gasteiger charge is 2.23. The molecule has 1 fully saturated rings. The van der Waals surface area contributed by atoms with Gasteiger partial charge in [0.25, 0.3) is 10.0 Å². The van der Waals surface area contributed by atoms with Crippen molar-refractivity contribution < 1.29 is 8.42 Å². The third-order valence-corrected chi connectivity index (χ3v) is 7.87. The van der Waals surface area contributed by atoms with Gasteiger partial charge in [-0.1, -0.05) is 30.2 Å². The molecule has 1 aromatic heterocycles. The number of H-pyrrole nitrogens is 1. The Kier molecular flexibility index (Phi) is 6.56. The van der Waals surface area contributed by atoms with Gasteiger partial charge in [0, 0.05) is 41.3 Å². The van der Waals surface area contributed by atoms with Crippen LogP contribution >= 0.6 is 11.6 Å². The number of aryl methyl sites for hydroxylation is 1. The van der Waals surface area contributed by atoms with E-state index in [1.807, 2.05) is 19.1 Å². The van der Waals surface area contributed by atoms with Crippen molar-refractivity contribution in [3.8, 4) is 0 Å². The van der Waals surface area contributed by atoms with E-state index in [1.54, 1.807) is 6.07 Å². The maximum atomic E-state index is 13.0. The van der Waals surface area contributed by atoms with Crippen molar-refractivity contribution in [1.29, 1.82) is 0 Å². The molecule has 0 radical (unpaired) electrons. The number of fused-ring (bicyclic) bond motifs is 1. The molecule has 0 unspecified atom stereocenters. The van der Waals surface area contributed by atoms with Crippen LogP contribution in [0.4, 0.5) is 0 Å². The Morgan fingerprint density at radius 1 is 1.13 bits per heavy atom. The molecule has 7 heteroatoms. The lowest BCUT2D eigenvalue weighted by molar-refractivity contribution is 0.275. The Bertz CT molecular complexity index is 1080. The van der Waals surface area contributed by atoms with Gasteiger partial charge in [-0.25, -0.2) is 13.1 Å². The quantitative estimate of drug-likeness (QED) is 0.617. The summed E-state index contributed by atoms with van der Waals surface area (Å²) in [5.41, 5.74) is 4.31. The maximum absolute atomic E-state index is 13.0. The highest BCUT2D eigenvalue weighted by molar-refractivity contribution is 7.89. The number of sulfonamides is 1. The van der Waals surface area contributed by atoms with Gasteiger partial charge in [0.1, 0.15) is 0 Å². The van der Waals surface area contributed by atoms with Crippen LogP contribution in [-0.2, 0) is 16.4 Å². The summed E-state index contributed by atoms with van der Waals surface area (Å²) in [6.45, 7) is 4.70. The van der Waals surface area contributed by atoms with E-state index in [9.17, 15) is 8.42 Å². The number of aromatic nitrogens is 1. The van der Waals surface area contributed by atoms with Crippen LogP contribution in [0.1, 0.15) is 51.0 Å². The first-order valence-electron chi connectivity index (χ1n) is 10.9. The Hall–Kier alpha value is -1.76. The van der Waals surface area contributed by atoms with Gasteiger partial charge in [0.2, 0.25) is 0 Å². The van der Waals surface area contributed by atoms with Gasteiger partial charge in [-0.15, -0.1) is 0 Å². The molecule has 1 aromatic carbocycles. The number of rotatable bonds is 7. The molecule has 1 saturated heterocycles. The SMILES string of the molecule is CCc1c(S(=O)(=O)NCCC2=CC=C(N3CCCCC3)CC2)[nH]c2ccc(Cl)cc12. The Morgan fingerprint density at radius 2 is 1.93 bits per heavy atom. The summed E-state index contributed by atoms with van der Waals surface area (Å²) >= 11 is 6.11. The molecule has 2 N–H and O–H groups in total. The van der Waals surface area contributed by atoms with Gasteiger partial charge in [-0.05, 0) is 74.8 Å². The standard InChI is InChI=1S/C23H30ClN3O2S/c1-2-20-21-16-18(24)8-11-22(21)26-23(20)30(28,29)25-13-12-17-6-9-19(10-7-17)27-14-4-3-5-15-27/h6,8-9,11,16,25-26H,2-5,7,10,12-15H2,1H3. The lowest BCUT2D eigenvalue weighted by Gasteiger charge is -2.32. The molecule has 162 valence electrons. The van der Waals surface area contributed by atoms with Crippen LogP contribution < -0.4 is 4.72 Å². The summed E-state index contributed by atoms with van der Waals surface area (Å²) in [4.78, 5) is 5.58. The summed E-state index contributed by atoms with van der Waals surface area (Å²) in [6.07, 6.45) is 11.7. The number of piperidine rings is 1. The van der Waals surface area contributed by atoms with Crippen LogP contribution in [0.5, 0.6) is 0 Å². The average Bonchev–Trinajstić information content (AvgIpc) is 3.13. The molecule has 0 bridgehead atoms. The lowest BCUT2D eigenvalue weighted by atomic mass is 9.98. The fourth-order valence-electron chi connectivity index (χ4n) is 4.52. The minimum absolute atomic E-state index is 0.257. The van der Waals surface area contributed by atoms with Crippen LogP contribution in [0.25, 0.3) is 10.9 Å². The maximum Gasteiger partial charge on any atom is 0.256 e. The molecule has 1 aliphatic heterocycles. The molecule has 0 amide bonds. The van der Waals surface area contributed by atoms with Crippen LogP contribution in [0.3, 0.4) is 0 Å². The summed E-state index contributed by atoms with van der Waals surface area (Å²) < 4.78 is 28.7. The van der Waals surface area contributed by atoms with E-state index in [4.69, 9.17) is 11.6 Å². The molecule has 4 rings (SSSR count). The predicted octanol–water partition coefficient (Wildman–Crippen LogP) is 5.14. The average molecular weight is 448 g/mol. The summed E-state index contributed by atoms with van der Waals surface area (Å²) in [6, 6.07) is 5.42. The number of benzene rings is 1. The van der Waals surface area contributed by atoms with Crippen LogP contribution in [0, 0.1) is 0 Å². The number of halogens is 1. The highest BCUT2D eigenvalue weighted by Crippen LogP contribution is 2.29. The van der Waals surface area contributed by atoms with Crippen molar-refractivity contribution in [3.63, 3.8) is 0 Å². The van der Waals surface area contributed by atoms with E-state index in [0.717, 1.165) is 35.7 Å². The van der Waals surface area contributed by atoms with Gasteiger partial charge in [-0.3, -0.25) is 0 Å². The van der Waals surface area contributed by atoms with E-state index < -0.39 is 10.0 Å². The Labute approximate surface area is 184 Å². The van der Waals surface area contributed by atoms with Crippen molar-refractivity contribution in [2.24, 2.45) is 0 Å². The van der Waals surface area contributed by atoms with Gasteiger partial charge in [-0.2, -0.15) is 0 Å². The molecular formula is C23H30ClN3O2S. The number of allylic oxidation sites excluding steroid dienone is 3. The smallest absolute Gasteiger partial charge is 0.256 e. The molecule has 2 heterocycles. The molecule has 2 aliphatic rings. The third-order valence-electron chi connectivity index (χ3n) is 6.17. The first-order chi connectivity index (χ1) is 14.5. The monoisotopic (exact) mass is 447 g/mol. The molecule has 30 heavy (non-hydrogen) atoms. The number of hydrogen-bond donors (Lipinski definition) is 2. The first-order valence-corrected chi connectivity index (χ1v) is 12.8. The normalized spacial score (nSPS) is 17.9. The minimum atomic E-state index is -3.61. The molecule has 0 saturated carbocycles. The van der Waals surface area contributed by atoms with Gasteiger partial charge < -0.3 is 9.88 Å².